The summed E-state index contributed by atoms with van der Waals surface area (Å²) in [6.07, 6.45) is 1.84. The molecule has 184 valence electrons. The Bertz CT molecular complexity index is 1470. The highest BCUT2D eigenvalue weighted by atomic mass is 19.1. The van der Waals surface area contributed by atoms with E-state index < -0.39 is 5.41 Å². The number of aromatic nitrogens is 2. The summed E-state index contributed by atoms with van der Waals surface area (Å²) in [4.78, 5) is 27.7. The molecule has 0 aliphatic carbocycles. The zero-order valence-electron chi connectivity index (χ0n) is 20.6. The van der Waals surface area contributed by atoms with E-state index in [-0.39, 0.29) is 17.8 Å². The molecule has 0 radical (unpaired) electrons. The largest absolute Gasteiger partial charge is 0.461 e. The molecule has 0 bridgehead atoms. The molecule has 1 N–H and O–H groups in total. The number of hydrogen-bond acceptors (Lipinski definition) is 6. The number of halogens is 1. The van der Waals surface area contributed by atoms with Crippen LogP contribution in [0.25, 0.3) is 11.0 Å². The number of benzene rings is 2. The standard InChI is InChI=1S/C28H28FN5O2/c1-17(20-10-7-11-21-23(29)15-36-24(20)21)30-26-22-14-34(19-8-5-4-6-9-19)27(35)28(12-13-33(3)16-28)25(22)31-18(2)32-26/h4-11,15,17H,12-14,16H2,1-3H3,(H,30,31,32)/t17-,28?/m1/s1. The molecule has 6 rings (SSSR count). The number of hydrogen-bond donors (Lipinski definition) is 1. The first-order valence-corrected chi connectivity index (χ1v) is 12.2. The van der Waals surface area contributed by atoms with E-state index >= 15 is 0 Å². The third-order valence-corrected chi connectivity index (χ3v) is 7.47. The molecule has 4 aromatic rings. The molecule has 2 aromatic carbocycles. The van der Waals surface area contributed by atoms with Gasteiger partial charge in [0.25, 0.3) is 0 Å². The summed E-state index contributed by atoms with van der Waals surface area (Å²) in [5, 5.41) is 4.00. The maximum absolute atomic E-state index is 14.2. The Morgan fingerprint density at radius 2 is 1.94 bits per heavy atom. The molecule has 2 aliphatic rings. The quantitative estimate of drug-likeness (QED) is 0.440. The second-order valence-electron chi connectivity index (χ2n) is 9.92. The molecular formula is C28H28FN5O2. The van der Waals surface area contributed by atoms with Crippen LogP contribution in [0.4, 0.5) is 15.9 Å². The van der Waals surface area contributed by atoms with Crippen LogP contribution in [0.2, 0.25) is 0 Å². The van der Waals surface area contributed by atoms with Crippen molar-refractivity contribution in [2.24, 2.45) is 0 Å². The molecule has 2 aromatic heterocycles. The molecule has 2 aliphatic heterocycles. The Balaban J connectivity index is 1.47. The van der Waals surface area contributed by atoms with Gasteiger partial charge in [-0.3, -0.25) is 4.79 Å². The molecule has 8 heteroatoms. The maximum Gasteiger partial charge on any atom is 0.240 e. The summed E-state index contributed by atoms with van der Waals surface area (Å²) < 4.78 is 19.7. The lowest BCUT2D eigenvalue weighted by Crippen LogP contribution is -2.53. The number of carbonyl (C=O) groups is 1. The van der Waals surface area contributed by atoms with Crippen LogP contribution in [0, 0.1) is 12.7 Å². The summed E-state index contributed by atoms with van der Waals surface area (Å²) in [7, 11) is 2.04. The van der Waals surface area contributed by atoms with Gasteiger partial charge in [0.2, 0.25) is 5.91 Å². The van der Waals surface area contributed by atoms with Gasteiger partial charge in [0, 0.05) is 23.4 Å². The highest BCUT2D eigenvalue weighted by molar-refractivity contribution is 6.03. The fourth-order valence-electron chi connectivity index (χ4n) is 5.71. The van der Waals surface area contributed by atoms with Crippen molar-refractivity contribution in [3.05, 3.63) is 83.3 Å². The lowest BCUT2D eigenvalue weighted by Gasteiger charge is -2.40. The fourth-order valence-corrected chi connectivity index (χ4v) is 5.71. The molecule has 1 amide bonds. The average Bonchev–Trinajstić information content (AvgIpc) is 3.46. The zero-order chi connectivity index (χ0) is 25.0. The Labute approximate surface area is 208 Å². The molecule has 1 spiro atoms. The van der Waals surface area contributed by atoms with Gasteiger partial charge in [-0.05, 0) is 52.1 Å². The third kappa shape index (κ3) is 3.47. The second-order valence-corrected chi connectivity index (χ2v) is 9.92. The number of para-hydroxylation sites is 2. The minimum Gasteiger partial charge on any atom is -0.461 e. The van der Waals surface area contributed by atoms with E-state index in [9.17, 15) is 9.18 Å². The number of carbonyl (C=O) groups excluding carboxylic acids is 1. The Kier molecular flexibility index (Phi) is 5.30. The van der Waals surface area contributed by atoms with Gasteiger partial charge >= 0.3 is 0 Å². The molecule has 1 saturated heterocycles. The van der Waals surface area contributed by atoms with Gasteiger partial charge in [-0.25, -0.2) is 14.4 Å². The summed E-state index contributed by atoms with van der Waals surface area (Å²) in [5.74, 6) is 1.01. The van der Waals surface area contributed by atoms with Gasteiger partial charge in [-0.1, -0.05) is 30.3 Å². The van der Waals surface area contributed by atoms with Gasteiger partial charge in [-0.2, -0.15) is 0 Å². The molecule has 7 nitrogen and oxygen atoms in total. The highest BCUT2D eigenvalue weighted by Crippen LogP contribution is 2.44. The number of likely N-dealkylation sites (tertiary alicyclic amines) is 1. The molecule has 1 unspecified atom stereocenters. The van der Waals surface area contributed by atoms with Crippen LogP contribution in [0.15, 0.2) is 59.2 Å². The van der Waals surface area contributed by atoms with Crippen LogP contribution in [-0.4, -0.2) is 40.9 Å². The van der Waals surface area contributed by atoms with Crippen LogP contribution < -0.4 is 10.2 Å². The lowest BCUT2D eigenvalue weighted by atomic mass is 9.76. The van der Waals surface area contributed by atoms with E-state index in [0.717, 1.165) is 35.3 Å². The second kappa shape index (κ2) is 8.41. The average molecular weight is 486 g/mol. The summed E-state index contributed by atoms with van der Waals surface area (Å²) in [6, 6.07) is 15.0. The first-order chi connectivity index (χ1) is 17.4. The number of nitrogens with zero attached hydrogens (tertiary/aromatic N) is 4. The van der Waals surface area contributed by atoms with Crippen molar-refractivity contribution in [1.82, 2.24) is 14.9 Å². The Hall–Kier alpha value is -3.78. The van der Waals surface area contributed by atoms with Crippen molar-refractivity contribution in [2.45, 2.75) is 38.3 Å². The molecule has 0 saturated carbocycles. The number of furan rings is 1. The maximum atomic E-state index is 14.2. The van der Waals surface area contributed by atoms with Crippen molar-refractivity contribution in [3.63, 3.8) is 0 Å². The Morgan fingerprint density at radius 3 is 2.69 bits per heavy atom. The number of nitrogens with one attached hydrogen (secondary N) is 1. The predicted octanol–water partition coefficient (Wildman–Crippen LogP) is 4.96. The number of aryl methyl sites for hydroxylation is 1. The molecule has 4 heterocycles. The molecular weight excluding hydrogens is 457 g/mol. The minimum absolute atomic E-state index is 0.0819. The summed E-state index contributed by atoms with van der Waals surface area (Å²) >= 11 is 0. The number of anilines is 2. The monoisotopic (exact) mass is 485 g/mol. The van der Waals surface area contributed by atoms with E-state index in [2.05, 4.69) is 10.2 Å². The van der Waals surface area contributed by atoms with Crippen LogP contribution in [-0.2, 0) is 16.8 Å². The van der Waals surface area contributed by atoms with Crippen LogP contribution >= 0.6 is 0 Å². The number of amides is 1. The topological polar surface area (TPSA) is 74.5 Å². The Morgan fingerprint density at radius 1 is 1.14 bits per heavy atom. The van der Waals surface area contributed by atoms with Crippen molar-refractivity contribution in [1.29, 1.82) is 0 Å². The SMILES string of the molecule is Cc1nc(N[C@H](C)c2cccc3c(F)coc23)c2c(n1)C1(CCN(C)C1)C(=O)N(c1ccccc1)C2. The zero-order valence-corrected chi connectivity index (χ0v) is 20.6. The van der Waals surface area contributed by atoms with Crippen LogP contribution in [0.1, 0.15) is 42.0 Å². The molecule has 2 atom stereocenters. The van der Waals surface area contributed by atoms with E-state index in [1.807, 2.05) is 68.3 Å². The predicted molar refractivity (Wildman–Crippen MR) is 136 cm³/mol. The third-order valence-electron chi connectivity index (χ3n) is 7.47. The minimum atomic E-state index is -0.726. The number of fused-ring (bicyclic) bond motifs is 3. The van der Waals surface area contributed by atoms with Crippen molar-refractivity contribution < 1.29 is 13.6 Å². The van der Waals surface area contributed by atoms with E-state index in [0.29, 0.717) is 42.1 Å². The van der Waals surface area contributed by atoms with E-state index in [1.54, 1.807) is 6.07 Å². The van der Waals surface area contributed by atoms with E-state index in [4.69, 9.17) is 14.4 Å². The number of likely N-dealkylation sites (N-methyl/N-ethyl adjacent to an activating group) is 1. The molecule has 1 fully saturated rings. The van der Waals surface area contributed by atoms with Gasteiger partial charge in [0.15, 0.2) is 5.82 Å². The van der Waals surface area contributed by atoms with Gasteiger partial charge in [0.05, 0.1) is 23.7 Å². The molecule has 36 heavy (non-hydrogen) atoms. The fraction of sp³-hybridized carbons (Fsp3) is 0.321. The summed E-state index contributed by atoms with van der Waals surface area (Å²) in [5.41, 5.74) is 3.22. The van der Waals surface area contributed by atoms with Crippen molar-refractivity contribution >= 4 is 28.4 Å². The van der Waals surface area contributed by atoms with Gasteiger partial charge in [-0.15, -0.1) is 0 Å². The number of rotatable bonds is 4. The van der Waals surface area contributed by atoms with Crippen molar-refractivity contribution in [2.75, 3.05) is 30.4 Å². The smallest absolute Gasteiger partial charge is 0.240 e. The lowest BCUT2D eigenvalue weighted by molar-refractivity contribution is -0.124. The van der Waals surface area contributed by atoms with Crippen LogP contribution in [0.3, 0.4) is 0 Å². The first-order valence-electron chi connectivity index (χ1n) is 12.2. The summed E-state index contributed by atoms with van der Waals surface area (Å²) in [6.45, 7) is 5.67. The van der Waals surface area contributed by atoms with Gasteiger partial charge in [0.1, 0.15) is 28.9 Å². The normalized spacial score (nSPS) is 20.8. The van der Waals surface area contributed by atoms with Crippen LogP contribution in [0.5, 0.6) is 0 Å². The highest BCUT2D eigenvalue weighted by Gasteiger charge is 2.53. The first kappa shape index (κ1) is 22.7. The van der Waals surface area contributed by atoms with Gasteiger partial charge < -0.3 is 19.5 Å². The van der Waals surface area contributed by atoms with E-state index in [1.165, 1.54) is 0 Å². The van der Waals surface area contributed by atoms with Crippen molar-refractivity contribution in [3.8, 4) is 0 Å².